The number of ether oxygens (including phenoxy) is 1. The van der Waals surface area contributed by atoms with Crippen molar-refractivity contribution in [1.29, 1.82) is 0 Å². The normalized spacial score (nSPS) is 10.4. The Kier molecular flexibility index (Phi) is 2.56. The first-order chi connectivity index (χ1) is 7.61. The van der Waals surface area contributed by atoms with Crippen LogP contribution in [0.3, 0.4) is 0 Å². The second-order valence-corrected chi connectivity index (χ2v) is 3.75. The van der Waals surface area contributed by atoms with Crippen molar-refractivity contribution in [3.8, 4) is 17.1 Å². The number of nitrogens with two attached hydrogens (primary N) is 1. The van der Waals surface area contributed by atoms with Crippen molar-refractivity contribution in [3.63, 3.8) is 0 Å². The smallest absolute Gasteiger partial charge is 0.142 e. The number of aromatic amines is 1. The number of H-pyrrole nitrogens is 1. The molecule has 4 heteroatoms. The van der Waals surface area contributed by atoms with Gasteiger partial charge in [0.15, 0.2) is 0 Å². The van der Waals surface area contributed by atoms with E-state index in [1.165, 1.54) is 0 Å². The molecular weight excluding hydrogens is 202 g/mol. The Balaban J connectivity index is 2.48. The lowest BCUT2D eigenvalue weighted by Crippen LogP contribution is -1.92. The Bertz CT molecular complexity index is 497. The molecular formula is C12H15N3O. The number of hydrogen-bond acceptors (Lipinski definition) is 3. The maximum absolute atomic E-state index is 5.76. The van der Waals surface area contributed by atoms with Gasteiger partial charge in [-0.1, -0.05) is 0 Å². The number of aryl methyl sites for hydroxylation is 2. The van der Waals surface area contributed by atoms with Gasteiger partial charge in [0, 0.05) is 11.3 Å². The minimum atomic E-state index is 0.631. The summed E-state index contributed by atoms with van der Waals surface area (Å²) < 4.78 is 5.18. The molecule has 4 nitrogen and oxygen atoms in total. The lowest BCUT2D eigenvalue weighted by Gasteiger charge is -2.05. The number of aromatic nitrogens is 2. The summed E-state index contributed by atoms with van der Waals surface area (Å²) >= 11 is 0. The van der Waals surface area contributed by atoms with Crippen LogP contribution in [0.5, 0.6) is 5.75 Å². The SMILES string of the molecule is COc1cc(-c2nc(C)c(C)[nH]2)ccc1N. The van der Waals surface area contributed by atoms with E-state index in [1.807, 2.05) is 32.0 Å². The van der Waals surface area contributed by atoms with Gasteiger partial charge in [-0.05, 0) is 32.0 Å². The first kappa shape index (κ1) is 10.5. The third-order valence-electron chi connectivity index (χ3n) is 2.64. The summed E-state index contributed by atoms with van der Waals surface area (Å²) in [5, 5.41) is 0. The average molecular weight is 217 g/mol. The molecule has 2 aromatic rings. The second kappa shape index (κ2) is 3.89. The molecule has 0 bridgehead atoms. The Morgan fingerprint density at radius 3 is 2.62 bits per heavy atom. The van der Waals surface area contributed by atoms with Gasteiger partial charge < -0.3 is 15.5 Å². The highest BCUT2D eigenvalue weighted by atomic mass is 16.5. The summed E-state index contributed by atoms with van der Waals surface area (Å²) in [6.07, 6.45) is 0. The third kappa shape index (κ3) is 1.74. The van der Waals surface area contributed by atoms with Crippen LogP contribution in [0.25, 0.3) is 11.4 Å². The number of methoxy groups -OCH3 is 1. The predicted molar refractivity (Wildman–Crippen MR) is 64.5 cm³/mol. The topological polar surface area (TPSA) is 63.9 Å². The number of nitrogens with zero attached hydrogens (tertiary/aromatic N) is 1. The van der Waals surface area contributed by atoms with Gasteiger partial charge in [-0.25, -0.2) is 4.98 Å². The largest absolute Gasteiger partial charge is 0.495 e. The van der Waals surface area contributed by atoms with Gasteiger partial charge in [-0.15, -0.1) is 0 Å². The van der Waals surface area contributed by atoms with Gasteiger partial charge >= 0.3 is 0 Å². The van der Waals surface area contributed by atoms with E-state index in [0.29, 0.717) is 11.4 Å². The maximum atomic E-state index is 5.76. The number of nitrogen functional groups attached to an aromatic ring is 1. The highest BCUT2D eigenvalue weighted by Gasteiger charge is 2.07. The van der Waals surface area contributed by atoms with E-state index >= 15 is 0 Å². The number of imidazole rings is 1. The molecule has 0 unspecified atom stereocenters. The Hall–Kier alpha value is -1.97. The predicted octanol–water partition coefficient (Wildman–Crippen LogP) is 2.28. The number of hydrogen-bond donors (Lipinski definition) is 2. The fourth-order valence-electron chi connectivity index (χ4n) is 1.54. The Morgan fingerprint density at radius 1 is 1.31 bits per heavy atom. The molecule has 0 amide bonds. The number of anilines is 1. The summed E-state index contributed by atoms with van der Waals surface area (Å²) in [5.41, 5.74) is 9.44. The van der Waals surface area contributed by atoms with Gasteiger partial charge in [0.25, 0.3) is 0 Å². The van der Waals surface area contributed by atoms with E-state index in [4.69, 9.17) is 10.5 Å². The van der Waals surface area contributed by atoms with Crippen LogP contribution >= 0.6 is 0 Å². The molecule has 0 aliphatic heterocycles. The first-order valence-electron chi connectivity index (χ1n) is 5.09. The lowest BCUT2D eigenvalue weighted by molar-refractivity contribution is 0.417. The molecule has 0 saturated carbocycles. The van der Waals surface area contributed by atoms with E-state index in [9.17, 15) is 0 Å². The van der Waals surface area contributed by atoms with Crippen molar-refractivity contribution in [1.82, 2.24) is 9.97 Å². The van der Waals surface area contributed by atoms with Gasteiger partial charge in [0.2, 0.25) is 0 Å². The van der Waals surface area contributed by atoms with Gasteiger partial charge in [0.1, 0.15) is 11.6 Å². The van der Waals surface area contributed by atoms with Crippen molar-refractivity contribution >= 4 is 5.69 Å². The average Bonchev–Trinajstić information content (AvgIpc) is 2.60. The highest BCUT2D eigenvalue weighted by Crippen LogP contribution is 2.27. The molecule has 84 valence electrons. The maximum Gasteiger partial charge on any atom is 0.142 e. The molecule has 0 spiro atoms. The monoisotopic (exact) mass is 217 g/mol. The summed E-state index contributed by atoms with van der Waals surface area (Å²) in [4.78, 5) is 7.66. The van der Waals surface area contributed by atoms with E-state index in [1.54, 1.807) is 7.11 Å². The van der Waals surface area contributed by atoms with Crippen molar-refractivity contribution in [2.24, 2.45) is 0 Å². The molecule has 0 radical (unpaired) electrons. The molecule has 16 heavy (non-hydrogen) atoms. The van der Waals surface area contributed by atoms with Crippen LogP contribution in [0.15, 0.2) is 18.2 Å². The molecule has 2 rings (SSSR count). The molecule has 0 aliphatic rings. The fraction of sp³-hybridized carbons (Fsp3) is 0.250. The standard InChI is InChI=1S/C12H15N3O/c1-7-8(2)15-12(14-7)9-4-5-10(13)11(6-9)16-3/h4-6H,13H2,1-3H3,(H,14,15). The summed E-state index contributed by atoms with van der Waals surface area (Å²) in [7, 11) is 1.61. The van der Waals surface area contributed by atoms with E-state index in [2.05, 4.69) is 9.97 Å². The number of benzene rings is 1. The highest BCUT2D eigenvalue weighted by molar-refractivity contribution is 5.65. The van der Waals surface area contributed by atoms with Crippen molar-refractivity contribution in [2.75, 3.05) is 12.8 Å². The van der Waals surface area contributed by atoms with Crippen molar-refractivity contribution in [3.05, 3.63) is 29.6 Å². The minimum absolute atomic E-state index is 0.631. The van der Waals surface area contributed by atoms with E-state index in [-0.39, 0.29) is 0 Å². The zero-order valence-electron chi connectivity index (χ0n) is 9.66. The number of nitrogens with one attached hydrogen (secondary N) is 1. The summed E-state index contributed by atoms with van der Waals surface area (Å²) in [6, 6.07) is 5.63. The van der Waals surface area contributed by atoms with E-state index < -0.39 is 0 Å². The van der Waals surface area contributed by atoms with Crippen LogP contribution in [-0.2, 0) is 0 Å². The van der Waals surface area contributed by atoms with Crippen LogP contribution in [0.1, 0.15) is 11.4 Å². The third-order valence-corrected chi connectivity index (χ3v) is 2.64. The summed E-state index contributed by atoms with van der Waals surface area (Å²) in [6.45, 7) is 3.98. The van der Waals surface area contributed by atoms with Crippen molar-refractivity contribution in [2.45, 2.75) is 13.8 Å². The second-order valence-electron chi connectivity index (χ2n) is 3.75. The number of rotatable bonds is 2. The first-order valence-corrected chi connectivity index (χ1v) is 5.09. The molecule has 1 heterocycles. The van der Waals surface area contributed by atoms with Gasteiger partial charge in [0.05, 0.1) is 18.5 Å². The zero-order chi connectivity index (χ0) is 11.7. The molecule has 0 aliphatic carbocycles. The Morgan fingerprint density at radius 2 is 2.06 bits per heavy atom. The van der Waals surface area contributed by atoms with E-state index in [0.717, 1.165) is 22.8 Å². The molecule has 3 N–H and O–H groups in total. The lowest BCUT2D eigenvalue weighted by atomic mass is 10.2. The van der Waals surface area contributed by atoms with Crippen molar-refractivity contribution < 1.29 is 4.74 Å². The Labute approximate surface area is 94.5 Å². The quantitative estimate of drug-likeness (QED) is 0.758. The molecule has 0 saturated heterocycles. The van der Waals surface area contributed by atoms with Gasteiger partial charge in [-0.3, -0.25) is 0 Å². The molecule has 0 atom stereocenters. The van der Waals surface area contributed by atoms with Gasteiger partial charge in [-0.2, -0.15) is 0 Å². The molecule has 1 aromatic carbocycles. The van der Waals surface area contributed by atoms with Crippen LogP contribution in [-0.4, -0.2) is 17.1 Å². The van der Waals surface area contributed by atoms with Crippen LogP contribution in [0.2, 0.25) is 0 Å². The summed E-state index contributed by atoms with van der Waals surface area (Å²) in [5.74, 6) is 1.51. The van der Waals surface area contributed by atoms with Crippen LogP contribution in [0.4, 0.5) is 5.69 Å². The molecule has 1 aromatic heterocycles. The van der Waals surface area contributed by atoms with Crippen LogP contribution < -0.4 is 10.5 Å². The van der Waals surface area contributed by atoms with Crippen LogP contribution in [0, 0.1) is 13.8 Å². The zero-order valence-corrected chi connectivity index (χ0v) is 9.66. The fourth-order valence-corrected chi connectivity index (χ4v) is 1.54. The molecule has 0 fully saturated rings. The minimum Gasteiger partial charge on any atom is -0.495 e.